The zero-order valence-electron chi connectivity index (χ0n) is 33.9. The van der Waals surface area contributed by atoms with E-state index in [0.717, 1.165) is 19.3 Å². The Hall–Kier alpha value is -2.83. The van der Waals surface area contributed by atoms with Crippen molar-refractivity contribution in [2.45, 2.75) is 103 Å². The third-order valence-electron chi connectivity index (χ3n) is 13.0. The van der Waals surface area contributed by atoms with E-state index in [1.165, 1.54) is 66.8 Å². The Kier molecular flexibility index (Phi) is 11.3. The summed E-state index contributed by atoms with van der Waals surface area (Å²) >= 11 is -2.80. The van der Waals surface area contributed by atoms with Gasteiger partial charge in [-0.15, -0.1) is 0 Å². The quantitative estimate of drug-likeness (QED) is 0.171. The largest absolute Gasteiger partial charge is 1.00 e. The molecule has 0 amide bonds. The van der Waals surface area contributed by atoms with Gasteiger partial charge < -0.3 is 24.8 Å². The van der Waals surface area contributed by atoms with Gasteiger partial charge in [0.05, 0.1) is 0 Å². The number of hydrogen-bond acceptors (Lipinski definition) is 0. The van der Waals surface area contributed by atoms with Crippen LogP contribution in [0.5, 0.6) is 0 Å². The van der Waals surface area contributed by atoms with Gasteiger partial charge in [0.15, 0.2) is 0 Å². The average Bonchev–Trinajstić information content (AvgIpc) is 3.72. The van der Waals surface area contributed by atoms with Crippen molar-refractivity contribution in [1.82, 2.24) is 0 Å². The fourth-order valence-electron chi connectivity index (χ4n) is 9.70. The van der Waals surface area contributed by atoms with Crippen LogP contribution in [0.4, 0.5) is 0 Å². The first-order valence-corrected chi connectivity index (χ1v) is 23.6. The van der Waals surface area contributed by atoms with Crippen LogP contribution in [0.25, 0.3) is 22.3 Å². The topological polar surface area (TPSA) is 0 Å². The van der Waals surface area contributed by atoms with E-state index in [1.807, 2.05) is 0 Å². The molecule has 0 saturated heterocycles. The number of hydrogen-bond donors (Lipinski definition) is 0. The second-order valence-corrected chi connectivity index (χ2v) is 24.5. The molecule has 0 heterocycles. The molecular weight excluding hydrogens is 775 g/mol. The Bertz CT molecular complexity index is 2230. The van der Waals surface area contributed by atoms with Crippen LogP contribution in [0.3, 0.4) is 0 Å². The molecule has 0 saturated carbocycles. The predicted molar refractivity (Wildman–Crippen MR) is 222 cm³/mol. The second kappa shape index (κ2) is 14.9. The molecule has 0 aromatic heterocycles. The van der Waals surface area contributed by atoms with Crippen LogP contribution in [-0.4, -0.2) is 3.21 Å². The Balaban J connectivity index is 0.00000249. The molecule has 278 valence electrons. The van der Waals surface area contributed by atoms with E-state index in [2.05, 4.69) is 178 Å². The van der Waals surface area contributed by atoms with Crippen LogP contribution < -0.4 is 24.8 Å². The molecule has 0 nitrogen and oxygen atoms in total. The molecule has 4 aromatic carbocycles. The van der Waals surface area contributed by atoms with Crippen molar-refractivity contribution in [2.24, 2.45) is 11.3 Å². The van der Waals surface area contributed by atoms with Crippen molar-refractivity contribution in [3.63, 3.8) is 0 Å². The molecule has 2 atom stereocenters. The van der Waals surface area contributed by atoms with Gasteiger partial charge in [0.1, 0.15) is 0 Å². The number of benzene rings is 4. The molecular formula is C51H56Cl2Zr. The number of halogens is 2. The monoisotopic (exact) mass is 828 g/mol. The van der Waals surface area contributed by atoms with Gasteiger partial charge >= 0.3 is 324 Å². The maximum absolute atomic E-state index is 2.80. The zero-order valence-corrected chi connectivity index (χ0v) is 37.9. The zero-order chi connectivity index (χ0) is 36.7. The van der Waals surface area contributed by atoms with Crippen molar-refractivity contribution in [3.05, 3.63) is 163 Å². The van der Waals surface area contributed by atoms with E-state index in [-0.39, 0.29) is 41.1 Å². The van der Waals surface area contributed by atoms with Crippen LogP contribution in [-0.2, 0) is 38.5 Å². The molecule has 0 spiro atoms. The molecule has 54 heavy (non-hydrogen) atoms. The summed E-state index contributed by atoms with van der Waals surface area (Å²) < 4.78 is 3.88. The number of fused-ring (bicyclic) bond motifs is 5. The standard InChI is InChI=1S/C27H29.C13H10.C11H17.2ClH.Zr/c1-16-7-9-26(3,4)24-12-18-11-19-13-25-21(17(2)8-10-27(25,5)6)15-23(19)22(18)14-20(16)24;1-3-7-12(8-4-1)11-13-9-5-2-6-10-13;1-5-9-6-7-10(8-9)11(2,3)4;;;/h7-9,12-15H,10-11H2,1-6H3;1-10H;7-9H,5H2,1-4H3;2*1H;/q;;;;;+2/p-2. The molecule has 0 bridgehead atoms. The van der Waals surface area contributed by atoms with Gasteiger partial charge in [-0.3, -0.25) is 0 Å². The molecule has 3 heteroatoms. The minimum Gasteiger partial charge on any atom is -1.00 e. The van der Waals surface area contributed by atoms with Gasteiger partial charge in [0, 0.05) is 0 Å². The van der Waals surface area contributed by atoms with Gasteiger partial charge in [0.2, 0.25) is 0 Å². The van der Waals surface area contributed by atoms with Crippen LogP contribution in [0.15, 0.2) is 118 Å². The second-order valence-electron chi connectivity index (χ2n) is 18.3. The minimum absolute atomic E-state index is 0. The van der Waals surface area contributed by atoms with E-state index in [1.54, 1.807) is 12.1 Å². The maximum atomic E-state index is 2.76. The summed E-state index contributed by atoms with van der Waals surface area (Å²) in [6.07, 6.45) is 13.9. The van der Waals surface area contributed by atoms with Gasteiger partial charge in [-0.2, -0.15) is 0 Å². The minimum atomic E-state index is -2.80. The number of rotatable bonds is 5. The molecule has 0 aliphatic heterocycles. The first-order valence-electron chi connectivity index (χ1n) is 19.7. The van der Waals surface area contributed by atoms with Crippen molar-refractivity contribution < 1.29 is 46.1 Å². The Morgan fingerprint density at radius 1 is 0.704 bits per heavy atom. The summed E-state index contributed by atoms with van der Waals surface area (Å²) in [5.41, 5.74) is 19.5. The van der Waals surface area contributed by atoms with E-state index in [9.17, 15) is 0 Å². The maximum Gasteiger partial charge on any atom is -1.00 e. The molecule has 0 N–H and O–H groups in total. The van der Waals surface area contributed by atoms with Crippen LogP contribution in [0.2, 0.25) is 3.63 Å². The first kappa shape index (κ1) is 40.8. The third kappa shape index (κ3) is 6.84. The Labute approximate surface area is 345 Å². The smallest absolute Gasteiger partial charge is 1.00 e. The molecule has 2 unspecified atom stereocenters. The Morgan fingerprint density at radius 2 is 1.24 bits per heavy atom. The molecule has 0 radical (unpaired) electrons. The molecule has 8 rings (SSSR count). The molecule has 4 aromatic rings. The van der Waals surface area contributed by atoms with Gasteiger partial charge in [-0.1, -0.05) is 0 Å². The summed E-state index contributed by atoms with van der Waals surface area (Å²) in [5.74, 6) is 0.499. The summed E-state index contributed by atoms with van der Waals surface area (Å²) in [4.78, 5) is 0. The summed E-state index contributed by atoms with van der Waals surface area (Å²) in [6, 6.07) is 33.3. The summed E-state index contributed by atoms with van der Waals surface area (Å²) in [6.45, 7) is 24.3. The fraction of sp³-hybridized carbons (Fsp3) is 0.353. The average molecular weight is 831 g/mol. The van der Waals surface area contributed by atoms with E-state index in [0.29, 0.717) is 9.54 Å². The first-order chi connectivity index (χ1) is 24.7. The van der Waals surface area contributed by atoms with Crippen LogP contribution in [0, 0.1) is 11.3 Å². The van der Waals surface area contributed by atoms with Crippen molar-refractivity contribution in [3.8, 4) is 11.1 Å². The summed E-state index contributed by atoms with van der Waals surface area (Å²) in [5, 5.41) is 0. The van der Waals surface area contributed by atoms with Gasteiger partial charge in [0.25, 0.3) is 0 Å². The van der Waals surface area contributed by atoms with Crippen molar-refractivity contribution in [2.75, 3.05) is 0 Å². The Morgan fingerprint density at radius 3 is 1.78 bits per heavy atom. The SMILES string of the molecule is CCC1C=C(C(C)(C)C)C=[C]1[Zr+2](=[C](c1ccccc1)c1ccccc1)[CH]1C=C(C)c2cc3c(cc2C1(C)C)Cc1cc2c(cc1-3)C(C)=CCC2(C)C.[Cl-].[Cl-]. The normalized spacial score (nSPS) is 19.9. The fourth-order valence-corrected chi connectivity index (χ4v) is 20.0. The van der Waals surface area contributed by atoms with Crippen LogP contribution in [0.1, 0.15) is 127 Å². The van der Waals surface area contributed by atoms with Gasteiger partial charge in [-0.05, 0) is 0 Å². The van der Waals surface area contributed by atoms with E-state index >= 15 is 0 Å². The van der Waals surface area contributed by atoms with E-state index in [4.69, 9.17) is 0 Å². The van der Waals surface area contributed by atoms with E-state index < -0.39 is 21.3 Å². The third-order valence-corrected chi connectivity index (χ3v) is 22.2. The summed E-state index contributed by atoms with van der Waals surface area (Å²) in [7, 11) is 0. The predicted octanol–water partition coefficient (Wildman–Crippen LogP) is 7.62. The van der Waals surface area contributed by atoms with Gasteiger partial charge in [-0.25, -0.2) is 0 Å². The molecule has 4 aliphatic carbocycles. The number of allylic oxidation sites excluding steroid dienone is 8. The van der Waals surface area contributed by atoms with Crippen LogP contribution >= 0.6 is 0 Å². The van der Waals surface area contributed by atoms with Crippen molar-refractivity contribution in [1.29, 1.82) is 0 Å². The molecule has 0 fully saturated rings. The van der Waals surface area contributed by atoms with Crippen molar-refractivity contribution >= 4 is 14.4 Å². The molecule has 4 aliphatic rings.